The van der Waals surface area contributed by atoms with Gasteiger partial charge in [0.25, 0.3) is 5.91 Å². The van der Waals surface area contributed by atoms with E-state index in [2.05, 4.69) is 10.6 Å². The highest BCUT2D eigenvalue weighted by Gasteiger charge is 2.33. The van der Waals surface area contributed by atoms with Crippen LogP contribution < -0.4 is 15.4 Å². The van der Waals surface area contributed by atoms with Crippen molar-refractivity contribution in [3.63, 3.8) is 0 Å². The van der Waals surface area contributed by atoms with Crippen LogP contribution in [-0.4, -0.2) is 25.1 Å². The van der Waals surface area contributed by atoms with Gasteiger partial charge < -0.3 is 15.4 Å². The lowest BCUT2D eigenvalue weighted by Gasteiger charge is -2.31. The lowest BCUT2D eigenvalue weighted by molar-refractivity contribution is -0.134. The molecule has 0 radical (unpaired) electrons. The van der Waals surface area contributed by atoms with Gasteiger partial charge >= 0.3 is 6.18 Å². The highest BCUT2D eigenvalue weighted by atomic mass is 32.1. The van der Waals surface area contributed by atoms with Gasteiger partial charge in [0.05, 0.1) is 17.5 Å². The number of ether oxygens (including phenoxy) is 1. The van der Waals surface area contributed by atoms with Crippen LogP contribution in [0, 0.1) is 0 Å². The minimum absolute atomic E-state index is 0.00845. The molecular formula is C23H23F3N2O2S. The van der Waals surface area contributed by atoms with Gasteiger partial charge in [0.15, 0.2) is 0 Å². The number of hydrogen-bond donors (Lipinski definition) is 2. The minimum Gasteiger partial charge on any atom is -0.497 e. The van der Waals surface area contributed by atoms with Crippen LogP contribution in [-0.2, 0) is 6.18 Å². The predicted molar refractivity (Wildman–Crippen MR) is 117 cm³/mol. The number of benzene rings is 2. The van der Waals surface area contributed by atoms with E-state index in [0.717, 1.165) is 37.0 Å². The third-order valence-electron chi connectivity index (χ3n) is 5.54. The molecule has 1 aliphatic rings. The van der Waals surface area contributed by atoms with E-state index >= 15 is 0 Å². The van der Waals surface area contributed by atoms with Gasteiger partial charge in [-0.25, -0.2) is 0 Å². The van der Waals surface area contributed by atoms with Crippen LogP contribution in [0.1, 0.15) is 40.9 Å². The number of alkyl halides is 3. The van der Waals surface area contributed by atoms with Crippen LogP contribution in [0.15, 0.2) is 48.5 Å². The fourth-order valence-electron chi connectivity index (χ4n) is 4.00. The molecule has 4 rings (SSSR count). The average Bonchev–Trinajstić information content (AvgIpc) is 3.20. The molecule has 8 heteroatoms. The first kappa shape index (κ1) is 21.5. The number of fused-ring (bicyclic) bond motifs is 1. The summed E-state index contributed by atoms with van der Waals surface area (Å²) in [6, 6.07) is 13.5. The van der Waals surface area contributed by atoms with Crippen LogP contribution >= 0.6 is 11.3 Å². The Bertz CT molecular complexity index is 1060. The molecule has 1 amide bonds. The maximum absolute atomic E-state index is 13.1. The molecule has 1 heterocycles. The van der Waals surface area contributed by atoms with Crippen molar-refractivity contribution in [1.82, 2.24) is 5.32 Å². The van der Waals surface area contributed by atoms with Crippen molar-refractivity contribution in [2.24, 2.45) is 0 Å². The largest absolute Gasteiger partial charge is 0.497 e. The third-order valence-corrected chi connectivity index (χ3v) is 6.77. The number of carbonyl (C=O) groups is 1. The summed E-state index contributed by atoms with van der Waals surface area (Å²) >= 11 is 0.764. The Labute approximate surface area is 182 Å². The van der Waals surface area contributed by atoms with Crippen molar-refractivity contribution in [2.75, 3.05) is 12.4 Å². The number of rotatable bonds is 5. The van der Waals surface area contributed by atoms with E-state index in [9.17, 15) is 18.0 Å². The SMILES string of the molecule is COc1ccc(C(=O)N[C@@H]2CCC[C@H](Nc3cccc4cc(C(F)(F)F)sc34)C2)cc1. The molecule has 0 saturated heterocycles. The van der Waals surface area contributed by atoms with E-state index in [0.29, 0.717) is 27.1 Å². The van der Waals surface area contributed by atoms with Crippen molar-refractivity contribution in [3.8, 4) is 5.75 Å². The second-order valence-electron chi connectivity index (χ2n) is 7.74. The van der Waals surface area contributed by atoms with Gasteiger partial charge in [0.2, 0.25) is 0 Å². The highest BCUT2D eigenvalue weighted by molar-refractivity contribution is 7.19. The normalized spacial score (nSPS) is 19.2. The predicted octanol–water partition coefficient (Wildman–Crippen LogP) is 6.08. The first-order valence-corrected chi connectivity index (χ1v) is 11.0. The summed E-state index contributed by atoms with van der Waals surface area (Å²) in [5.41, 5.74) is 1.28. The van der Waals surface area contributed by atoms with Gasteiger partial charge in [0.1, 0.15) is 10.6 Å². The van der Waals surface area contributed by atoms with E-state index in [1.54, 1.807) is 43.5 Å². The van der Waals surface area contributed by atoms with E-state index in [-0.39, 0.29) is 18.0 Å². The summed E-state index contributed by atoms with van der Waals surface area (Å²) in [6.45, 7) is 0. The number of carbonyl (C=O) groups excluding carboxylic acids is 1. The molecular weight excluding hydrogens is 425 g/mol. The average molecular weight is 449 g/mol. The maximum Gasteiger partial charge on any atom is 0.425 e. The fraction of sp³-hybridized carbons (Fsp3) is 0.348. The topological polar surface area (TPSA) is 50.4 Å². The summed E-state index contributed by atoms with van der Waals surface area (Å²) < 4.78 is 45.1. The summed E-state index contributed by atoms with van der Waals surface area (Å²) in [4.78, 5) is 12.0. The quantitative estimate of drug-likeness (QED) is 0.497. The minimum atomic E-state index is -4.34. The van der Waals surface area contributed by atoms with E-state index in [1.165, 1.54) is 6.07 Å². The fourth-order valence-corrected chi connectivity index (χ4v) is 5.00. The molecule has 0 spiro atoms. The van der Waals surface area contributed by atoms with Crippen molar-refractivity contribution < 1.29 is 22.7 Å². The molecule has 2 N–H and O–H groups in total. The monoisotopic (exact) mass is 448 g/mol. The van der Waals surface area contributed by atoms with Crippen molar-refractivity contribution in [3.05, 3.63) is 59.0 Å². The van der Waals surface area contributed by atoms with Gasteiger partial charge in [-0.2, -0.15) is 13.2 Å². The van der Waals surface area contributed by atoms with Gasteiger partial charge in [-0.1, -0.05) is 12.1 Å². The van der Waals surface area contributed by atoms with Crippen molar-refractivity contribution in [1.29, 1.82) is 0 Å². The zero-order valence-electron chi connectivity index (χ0n) is 17.0. The number of hydrogen-bond acceptors (Lipinski definition) is 4. The molecule has 4 nitrogen and oxygen atoms in total. The van der Waals surface area contributed by atoms with Crippen LogP contribution in [0.25, 0.3) is 10.1 Å². The third kappa shape index (κ3) is 4.95. The van der Waals surface area contributed by atoms with Crippen LogP contribution in [0.3, 0.4) is 0 Å². The summed E-state index contributed by atoms with van der Waals surface area (Å²) in [5.74, 6) is 0.554. The zero-order chi connectivity index (χ0) is 22.0. The lowest BCUT2D eigenvalue weighted by Crippen LogP contribution is -2.41. The molecule has 1 saturated carbocycles. The van der Waals surface area contributed by atoms with E-state index < -0.39 is 11.1 Å². The van der Waals surface area contributed by atoms with Crippen molar-refractivity contribution in [2.45, 2.75) is 43.9 Å². The number of methoxy groups -OCH3 is 1. The first-order valence-electron chi connectivity index (χ1n) is 10.1. The second kappa shape index (κ2) is 8.78. The molecule has 3 aromatic rings. The summed E-state index contributed by atoms with van der Waals surface area (Å²) in [7, 11) is 1.57. The Kier molecular flexibility index (Phi) is 6.09. The van der Waals surface area contributed by atoms with Crippen LogP contribution in [0.4, 0.5) is 18.9 Å². The first-order chi connectivity index (χ1) is 14.8. The Morgan fingerprint density at radius 2 is 1.84 bits per heavy atom. The van der Waals surface area contributed by atoms with Gasteiger partial charge in [-0.05, 0) is 67.5 Å². The molecule has 0 aliphatic heterocycles. The van der Waals surface area contributed by atoms with E-state index in [4.69, 9.17) is 4.74 Å². The molecule has 1 aromatic heterocycles. The molecule has 2 atom stereocenters. The number of thiophene rings is 1. The Morgan fingerprint density at radius 3 is 2.55 bits per heavy atom. The molecule has 0 unspecified atom stereocenters. The molecule has 164 valence electrons. The standard InChI is InChI=1S/C23H23F3N2O2S/c1-30-18-10-8-14(9-11-18)22(29)28-17-6-3-5-16(13-17)27-19-7-2-4-15-12-20(23(24,25)26)31-21(15)19/h2,4,7-12,16-17,27H,3,5-6,13H2,1H3,(H,28,29)/t16-,17+/m0/s1. The molecule has 1 fully saturated rings. The Morgan fingerprint density at radius 1 is 1.10 bits per heavy atom. The molecule has 31 heavy (non-hydrogen) atoms. The smallest absolute Gasteiger partial charge is 0.425 e. The second-order valence-corrected chi connectivity index (χ2v) is 8.79. The van der Waals surface area contributed by atoms with Crippen LogP contribution in [0.2, 0.25) is 0 Å². The van der Waals surface area contributed by atoms with Gasteiger partial charge in [-0.3, -0.25) is 4.79 Å². The summed E-state index contributed by atoms with van der Waals surface area (Å²) in [6.07, 6.45) is -0.915. The Balaban J connectivity index is 1.43. The number of amides is 1. The molecule has 1 aliphatic carbocycles. The summed E-state index contributed by atoms with van der Waals surface area (Å²) in [5, 5.41) is 7.09. The van der Waals surface area contributed by atoms with Gasteiger partial charge in [-0.15, -0.1) is 11.3 Å². The Hall–Kier alpha value is -2.74. The molecule has 0 bridgehead atoms. The van der Waals surface area contributed by atoms with Crippen LogP contribution in [0.5, 0.6) is 5.75 Å². The highest BCUT2D eigenvalue weighted by Crippen LogP contribution is 2.41. The maximum atomic E-state index is 13.1. The van der Waals surface area contributed by atoms with Gasteiger partial charge in [0, 0.05) is 17.6 Å². The number of anilines is 1. The van der Waals surface area contributed by atoms with E-state index in [1.807, 2.05) is 6.07 Å². The number of nitrogens with one attached hydrogen (secondary N) is 2. The lowest BCUT2D eigenvalue weighted by atomic mass is 9.90. The number of halogens is 3. The van der Waals surface area contributed by atoms with Crippen molar-refractivity contribution >= 4 is 33.0 Å². The zero-order valence-corrected chi connectivity index (χ0v) is 17.8. The molecule has 2 aromatic carbocycles.